The van der Waals surface area contributed by atoms with E-state index in [1.165, 1.54) is 0 Å². The standard InChI is InChI=1S/C14H28N2O2/c1-3-12(8-9-15)6-7-14(17)16(2)11-13-5-4-10-18-13/h12-13H,3-11,15H2,1-2H3. The lowest BCUT2D eigenvalue weighted by molar-refractivity contribution is -0.131. The van der Waals surface area contributed by atoms with Crippen molar-refractivity contribution < 1.29 is 9.53 Å². The highest BCUT2D eigenvalue weighted by Crippen LogP contribution is 2.17. The molecule has 1 rings (SSSR count). The Kier molecular flexibility index (Phi) is 7.28. The predicted octanol–water partition coefficient (Wildman–Crippen LogP) is 1.78. The molecule has 2 unspecified atom stereocenters. The maximum Gasteiger partial charge on any atom is 0.222 e. The number of hydrogen-bond acceptors (Lipinski definition) is 3. The van der Waals surface area contributed by atoms with E-state index < -0.39 is 0 Å². The molecule has 2 N–H and O–H groups in total. The molecule has 0 saturated carbocycles. The number of hydrogen-bond donors (Lipinski definition) is 1. The van der Waals surface area contributed by atoms with E-state index in [1.807, 2.05) is 11.9 Å². The molecule has 2 atom stereocenters. The molecule has 0 aliphatic carbocycles. The van der Waals surface area contributed by atoms with Crippen LogP contribution in [-0.2, 0) is 9.53 Å². The molecule has 18 heavy (non-hydrogen) atoms. The van der Waals surface area contributed by atoms with Crippen molar-refractivity contribution in [1.82, 2.24) is 4.90 Å². The molecule has 0 aromatic heterocycles. The minimum absolute atomic E-state index is 0.237. The molecule has 0 bridgehead atoms. The van der Waals surface area contributed by atoms with Crippen LogP contribution in [-0.4, -0.2) is 43.7 Å². The monoisotopic (exact) mass is 256 g/mol. The lowest BCUT2D eigenvalue weighted by Crippen LogP contribution is -2.34. The van der Waals surface area contributed by atoms with E-state index in [0.717, 1.165) is 51.8 Å². The molecular formula is C14H28N2O2. The highest BCUT2D eigenvalue weighted by molar-refractivity contribution is 5.75. The Hall–Kier alpha value is -0.610. The van der Waals surface area contributed by atoms with Gasteiger partial charge in [0.1, 0.15) is 0 Å². The summed E-state index contributed by atoms with van der Waals surface area (Å²) in [6.07, 6.45) is 6.21. The van der Waals surface area contributed by atoms with Crippen LogP contribution in [0.25, 0.3) is 0 Å². The molecule has 1 amide bonds. The van der Waals surface area contributed by atoms with Gasteiger partial charge in [-0.1, -0.05) is 13.3 Å². The van der Waals surface area contributed by atoms with Crippen LogP contribution in [0.15, 0.2) is 0 Å². The van der Waals surface area contributed by atoms with E-state index in [1.54, 1.807) is 0 Å². The van der Waals surface area contributed by atoms with Crippen molar-refractivity contribution in [3.05, 3.63) is 0 Å². The van der Waals surface area contributed by atoms with Gasteiger partial charge in [-0.3, -0.25) is 4.79 Å². The summed E-state index contributed by atoms with van der Waals surface area (Å²) in [6, 6.07) is 0. The Morgan fingerprint density at radius 2 is 2.28 bits per heavy atom. The Labute approximate surface area is 111 Å². The summed E-state index contributed by atoms with van der Waals surface area (Å²) in [7, 11) is 1.88. The lowest BCUT2D eigenvalue weighted by Gasteiger charge is -2.22. The third-order valence-corrected chi connectivity index (χ3v) is 3.85. The van der Waals surface area contributed by atoms with E-state index in [4.69, 9.17) is 10.5 Å². The van der Waals surface area contributed by atoms with Crippen LogP contribution in [0.4, 0.5) is 0 Å². The van der Waals surface area contributed by atoms with Crippen molar-refractivity contribution in [1.29, 1.82) is 0 Å². The van der Waals surface area contributed by atoms with Gasteiger partial charge in [-0.15, -0.1) is 0 Å². The van der Waals surface area contributed by atoms with E-state index >= 15 is 0 Å². The summed E-state index contributed by atoms with van der Waals surface area (Å²) < 4.78 is 5.55. The second kappa shape index (κ2) is 8.48. The summed E-state index contributed by atoms with van der Waals surface area (Å²) in [5.41, 5.74) is 5.57. The molecule has 1 aliphatic heterocycles. The molecule has 0 radical (unpaired) electrons. The predicted molar refractivity (Wildman–Crippen MR) is 73.3 cm³/mol. The first-order chi connectivity index (χ1) is 8.67. The summed E-state index contributed by atoms with van der Waals surface area (Å²) in [4.78, 5) is 13.8. The lowest BCUT2D eigenvalue weighted by atomic mass is 9.96. The number of likely N-dealkylation sites (N-methyl/N-ethyl adjacent to an activating group) is 1. The van der Waals surface area contributed by atoms with Gasteiger partial charge in [0.2, 0.25) is 5.91 Å². The fourth-order valence-corrected chi connectivity index (χ4v) is 2.50. The summed E-state index contributed by atoms with van der Waals surface area (Å²) in [6.45, 7) is 4.48. The van der Waals surface area contributed by atoms with Gasteiger partial charge in [-0.05, 0) is 38.1 Å². The van der Waals surface area contributed by atoms with Crippen LogP contribution >= 0.6 is 0 Å². The molecule has 0 aromatic carbocycles. The van der Waals surface area contributed by atoms with Gasteiger partial charge in [0.15, 0.2) is 0 Å². The molecule has 1 heterocycles. The average molecular weight is 256 g/mol. The van der Waals surface area contributed by atoms with Crippen LogP contribution < -0.4 is 5.73 Å². The van der Waals surface area contributed by atoms with Crippen molar-refractivity contribution in [2.24, 2.45) is 11.7 Å². The van der Waals surface area contributed by atoms with E-state index in [2.05, 4.69) is 6.92 Å². The van der Waals surface area contributed by atoms with Crippen molar-refractivity contribution in [3.8, 4) is 0 Å². The average Bonchev–Trinajstić information content (AvgIpc) is 2.86. The zero-order valence-electron chi connectivity index (χ0n) is 11.9. The van der Waals surface area contributed by atoms with Crippen LogP contribution in [0.1, 0.15) is 45.4 Å². The van der Waals surface area contributed by atoms with Gasteiger partial charge >= 0.3 is 0 Å². The fraction of sp³-hybridized carbons (Fsp3) is 0.929. The van der Waals surface area contributed by atoms with Crippen molar-refractivity contribution in [2.45, 2.75) is 51.6 Å². The van der Waals surface area contributed by atoms with Crippen molar-refractivity contribution in [3.63, 3.8) is 0 Å². The Balaban J connectivity index is 2.21. The maximum atomic E-state index is 12.0. The van der Waals surface area contributed by atoms with Gasteiger partial charge in [-0.25, -0.2) is 0 Å². The Morgan fingerprint density at radius 1 is 1.50 bits per heavy atom. The van der Waals surface area contributed by atoms with E-state index in [-0.39, 0.29) is 12.0 Å². The number of carbonyl (C=O) groups excluding carboxylic acids is 1. The van der Waals surface area contributed by atoms with Crippen LogP contribution in [0.5, 0.6) is 0 Å². The molecule has 0 aromatic rings. The number of carbonyl (C=O) groups is 1. The molecule has 106 valence electrons. The highest BCUT2D eigenvalue weighted by atomic mass is 16.5. The number of nitrogens with two attached hydrogens (primary N) is 1. The van der Waals surface area contributed by atoms with Gasteiger partial charge in [-0.2, -0.15) is 0 Å². The van der Waals surface area contributed by atoms with Gasteiger partial charge in [0.05, 0.1) is 6.10 Å². The minimum atomic E-state index is 0.237. The van der Waals surface area contributed by atoms with E-state index in [9.17, 15) is 4.79 Å². The number of rotatable bonds is 8. The van der Waals surface area contributed by atoms with Gasteiger partial charge in [0, 0.05) is 26.6 Å². The molecule has 1 fully saturated rings. The summed E-state index contributed by atoms with van der Waals surface area (Å²) in [5.74, 6) is 0.830. The molecule has 1 aliphatic rings. The molecule has 1 saturated heterocycles. The first-order valence-electron chi connectivity index (χ1n) is 7.23. The second-order valence-corrected chi connectivity index (χ2v) is 5.30. The van der Waals surface area contributed by atoms with Gasteiger partial charge in [0.25, 0.3) is 0 Å². The largest absolute Gasteiger partial charge is 0.376 e. The SMILES string of the molecule is CCC(CCN)CCC(=O)N(C)CC1CCCO1. The summed E-state index contributed by atoms with van der Waals surface area (Å²) >= 11 is 0. The third kappa shape index (κ3) is 5.36. The second-order valence-electron chi connectivity index (χ2n) is 5.30. The quantitative estimate of drug-likeness (QED) is 0.720. The molecule has 4 heteroatoms. The Morgan fingerprint density at radius 3 is 2.83 bits per heavy atom. The normalized spacial score (nSPS) is 20.9. The number of nitrogens with zero attached hydrogens (tertiary/aromatic N) is 1. The molecular weight excluding hydrogens is 228 g/mol. The smallest absolute Gasteiger partial charge is 0.222 e. The third-order valence-electron chi connectivity index (χ3n) is 3.85. The van der Waals surface area contributed by atoms with Crippen LogP contribution in [0, 0.1) is 5.92 Å². The van der Waals surface area contributed by atoms with Crippen LogP contribution in [0.3, 0.4) is 0 Å². The molecule has 0 spiro atoms. The topological polar surface area (TPSA) is 55.6 Å². The highest BCUT2D eigenvalue weighted by Gasteiger charge is 2.20. The first kappa shape index (κ1) is 15.4. The van der Waals surface area contributed by atoms with Gasteiger partial charge < -0.3 is 15.4 Å². The van der Waals surface area contributed by atoms with Crippen molar-refractivity contribution in [2.75, 3.05) is 26.7 Å². The Bertz CT molecular complexity index is 240. The van der Waals surface area contributed by atoms with Crippen LogP contribution in [0.2, 0.25) is 0 Å². The van der Waals surface area contributed by atoms with Crippen molar-refractivity contribution >= 4 is 5.91 Å². The molecule has 4 nitrogen and oxygen atoms in total. The minimum Gasteiger partial charge on any atom is -0.376 e. The zero-order valence-corrected chi connectivity index (χ0v) is 11.9. The number of ether oxygens (including phenoxy) is 1. The summed E-state index contributed by atoms with van der Waals surface area (Å²) in [5, 5.41) is 0. The van der Waals surface area contributed by atoms with E-state index in [0.29, 0.717) is 12.3 Å². The zero-order chi connectivity index (χ0) is 13.4. The first-order valence-corrected chi connectivity index (χ1v) is 7.23. The maximum absolute atomic E-state index is 12.0. The number of amides is 1. The fourth-order valence-electron chi connectivity index (χ4n) is 2.50.